The number of aromatic amines is 1. The van der Waals surface area contributed by atoms with Crippen molar-refractivity contribution in [2.75, 3.05) is 6.54 Å². The lowest BCUT2D eigenvalue weighted by molar-refractivity contribution is -0.135. The van der Waals surface area contributed by atoms with E-state index in [-0.39, 0.29) is 52.6 Å². The Bertz CT molecular complexity index is 2050. The zero-order valence-corrected chi connectivity index (χ0v) is 25.1. The summed E-state index contributed by atoms with van der Waals surface area (Å²) in [5.74, 6) is -1.91. The zero-order valence-electron chi connectivity index (χ0n) is 24.4. The number of nitriles is 1. The summed E-state index contributed by atoms with van der Waals surface area (Å²) in [5.41, 5.74) is 8.07. The molecule has 2 aromatic heterocycles. The van der Waals surface area contributed by atoms with Gasteiger partial charge in [-0.05, 0) is 42.7 Å². The maximum absolute atomic E-state index is 15.4. The smallest absolute Gasteiger partial charge is 0.322 e. The Morgan fingerprint density at radius 2 is 1.96 bits per heavy atom. The second-order valence-corrected chi connectivity index (χ2v) is 10.7. The van der Waals surface area contributed by atoms with E-state index in [1.165, 1.54) is 10.7 Å². The summed E-state index contributed by atoms with van der Waals surface area (Å²) in [6, 6.07) is 17.0. The first-order valence-electron chi connectivity index (χ1n) is 14.0. The highest BCUT2D eigenvalue weighted by Gasteiger charge is 2.29. The molecule has 0 spiro atoms. The van der Waals surface area contributed by atoms with Crippen molar-refractivity contribution in [3.63, 3.8) is 0 Å². The molecule has 1 amide bonds. The Labute approximate surface area is 266 Å². The van der Waals surface area contributed by atoms with Crippen LogP contribution in [0.1, 0.15) is 34.5 Å². The molecule has 234 valence electrons. The van der Waals surface area contributed by atoms with Gasteiger partial charge in [-0.1, -0.05) is 35.9 Å². The lowest BCUT2D eigenvalue weighted by Gasteiger charge is -2.15. The monoisotopic (exact) mass is 643 g/mol. The number of hydrogen-bond donors (Lipinski definition) is 4. The van der Waals surface area contributed by atoms with E-state index in [0.29, 0.717) is 38.9 Å². The SMILES string of the molecule is Cn1ncc(-c2ccc3c(=O)[nH]nc(CN)c3c2)c1-c1c(F)c(Cl)cc(OC2CC2)c1C#N.O=C(O)CNC(=O)c1ccccc1. The molecule has 2 heterocycles. The Hall–Kier alpha value is -5.58. The highest BCUT2D eigenvalue weighted by atomic mass is 35.5. The number of halogens is 2. The molecule has 1 saturated carbocycles. The van der Waals surface area contributed by atoms with Gasteiger partial charge >= 0.3 is 5.97 Å². The Kier molecular flexibility index (Phi) is 9.41. The molecule has 0 saturated heterocycles. The van der Waals surface area contributed by atoms with Gasteiger partial charge in [-0.3, -0.25) is 19.1 Å². The molecule has 0 atom stereocenters. The summed E-state index contributed by atoms with van der Waals surface area (Å²) in [4.78, 5) is 33.5. The second kappa shape index (κ2) is 13.6. The van der Waals surface area contributed by atoms with Crippen molar-refractivity contribution in [1.29, 1.82) is 5.26 Å². The number of nitrogens with zero attached hydrogens (tertiary/aromatic N) is 4. The van der Waals surface area contributed by atoms with Gasteiger partial charge in [0, 0.05) is 36.2 Å². The molecular weight excluding hydrogens is 617 g/mol. The number of aryl methyl sites for hydroxylation is 1. The topological polar surface area (TPSA) is 189 Å². The lowest BCUT2D eigenvalue weighted by atomic mass is 9.95. The molecule has 3 aromatic carbocycles. The van der Waals surface area contributed by atoms with E-state index < -0.39 is 11.8 Å². The third-order valence-electron chi connectivity index (χ3n) is 7.10. The first-order valence-corrected chi connectivity index (χ1v) is 14.4. The van der Waals surface area contributed by atoms with E-state index >= 15 is 4.39 Å². The third kappa shape index (κ3) is 6.73. The number of nitrogens with one attached hydrogen (secondary N) is 2. The molecule has 5 aromatic rings. The van der Waals surface area contributed by atoms with E-state index in [4.69, 9.17) is 27.2 Å². The molecule has 1 fully saturated rings. The van der Waals surface area contributed by atoms with Gasteiger partial charge < -0.3 is 20.9 Å². The van der Waals surface area contributed by atoms with Crippen molar-refractivity contribution in [2.24, 2.45) is 12.8 Å². The molecule has 0 bridgehead atoms. The number of nitrogens with two attached hydrogens (primary N) is 1. The number of H-pyrrole nitrogens is 1. The summed E-state index contributed by atoms with van der Waals surface area (Å²) in [6.45, 7) is -0.228. The van der Waals surface area contributed by atoms with Crippen LogP contribution < -0.4 is 21.3 Å². The molecule has 0 unspecified atom stereocenters. The standard InChI is InChI=1S/C23H18ClFN6O2.C9H9NO3/c1-31-22(20-15(8-26)19(33-12-3-4-12)7-17(24)21(20)25)16(10-28-31)11-2-5-13-14(6-11)18(9-27)29-30-23(13)32;11-8(12)6-10-9(13)7-4-2-1-3-5-7/h2,5-7,10,12H,3-4,9,27H2,1H3,(H,30,32);1-5H,6H2,(H,10,13)(H,11,12). The van der Waals surface area contributed by atoms with Crippen molar-refractivity contribution in [3.05, 3.63) is 98.8 Å². The summed E-state index contributed by atoms with van der Waals surface area (Å²) in [5, 5.41) is 32.1. The lowest BCUT2D eigenvalue weighted by Crippen LogP contribution is -2.29. The maximum Gasteiger partial charge on any atom is 0.322 e. The van der Waals surface area contributed by atoms with Crippen molar-refractivity contribution >= 4 is 34.2 Å². The number of carbonyl (C=O) groups is 2. The number of fused-ring (bicyclic) bond motifs is 1. The van der Waals surface area contributed by atoms with Crippen LogP contribution in [0.3, 0.4) is 0 Å². The Morgan fingerprint density at radius 3 is 2.61 bits per heavy atom. The average Bonchev–Trinajstić information content (AvgIpc) is 3.80. The number of rotatable bonds is 8. The number of aliphatic carboxylic acids is 1. The fraction of sp³-hybridized carbons (Fsp3) is 0.188. The number of carboxylic acids is 1. The van der Waals surface area contributed by atoms with Crippen LogP contribution in [0, 0.1) is 17.1 Å². The first kappa shape index (κ1) is 31.8. The van der Waals surface area contributed by atoms with Gasteiger partial charge in [0.1, 0.15) is 23.9 Å². The van der Waals surface area contributed by atoms with E-state index in [0.717, 1.165) is 12.8 Å². The molecular formula is C32H27ClFN7O5. The molecule has 6 rings (SSSR count). The van der Waals surface area contributed by atoms with Gasteiger partial charge in [0.05, 0.1) is 39.7 Å². The fourth-order valence-corrected chi connectivity index (χ4v) is 4.92. The largest absolute Gasteiger partial charge is 0.489 e. The molecule has 12 nitrogen and oxygen atoms in total. The predicted molar refractivity (Wildman–Crippen MR) is 168 cm³/mol. The molecule has 46 heavy (non-hydrogen) atoms. The average molecular weight is 644 g/mol. The van der Waals surface area contributed by atoms with Crippen LogP contribution in [0.5, 0.6) is 5.75 Å². The number of aromatic nitrogens is 4. The minimum absolute atomic E-state index is 0.00162. The minimum atomic E-state index is -1.05. The minimum Gasteiger partial charge on any atom is -0.489 e. The number of benzene rings is 3. The van der Waals surface area contributed by atoms with E-state index in [9.17, 15) is 19.6 Å². The van der Waals surface area contributed by atoms with Crippen LogP contribution in [-0.2, 0) is 18.4 Å². The zero-order chi connectivity index (χ0) is 33.0. The highest BCUT2D eigenvalue weighted by molar-refractivity contribution is 6.31. The summed E-state index contributed by atoms with van der Waals surface area (Å²) in [7, 11) is 1.65. The number of carboxylic acid groups (broad SMARTS) is 1. The van der Waals surface area contributed by atoms with E-state index in [2.05, 4.69) is 26.7 Å². The van der Waals surface area contributed by atoms with Gasteiger partial charge in [-0.2, -0.15) is 15.5 Å². The fourth-order valence-electron chi connectivity index (χ4n) is 4.73. The Morgan fingerprint density at radius 1 is 1.22 bits per heavy atom. The molecule has 0 radical (unpaired) electrons. The van der Waals surface area contributed by atoms with Crippen molar-refractivity contribution in [3.8, 4) is 34.2 Å². The molecule has 1 aliphatic carbocycles. The second-order valence-electron chi connectivity index (χ2n) is 10.3. The quantitative estimate of drug-likeness (QED) is 0.192. The van der Waals surface area contributed by atoms with Crippen LogP contribution in [0.15, 0.2) is 65.6 Å². The number of ether oxygens (including phenoxy) is 1. The predicted octanol–water partition coefficient (Wildman–Crippen LogP) is 4.16. The molecule has 14 heteroatoms. The first-order chi connectivity index (χ1) is 22.1. The summed E-state index contributed by atoms with van der Waals surface area (Å²) < 4.78 is 22.7. The van der Waals surface area contributed by atoms with Crippen LogP contribution in [0.4, 0.5) is 4.39 Å². The third-order valence-corrected chi connectivity index (χ3v) is 7.37. The molecule has 0 aliphatic heterocycles. The van der Waals surface area contributed by atoms with Gasteiger partial charge in [0.25, 0.3) is 11.5 Å². The van der Waals surface area contributed by atoms with Crippen LogP contribution in [0.2, 0.25) is 5.02 Å². The van der Waals surface area contributed by atoms with Gasteiger partial charge in [0.2, 0.25) is 0 Å². The van der Waals surface area contributed by atoms with Crippen LogP contribution in [0.25, 0.3) is 33.2 Å². The maximum atomic E-state index is 15.4. The van der Waals surface area contributed by atoms with E-state index in [1.807, 2.05) is 0 Å². The van der Waals surface area contributed by atoms with Gasteiger partial charge in [-0.25, -0.2) is 9.49 Å². The summed E-state index contributed by atoms with van der Waals surface area (Å²) in [6.07, 6.45) is 3.32. The highest BCUT2D eigenvalue weighted by Crippen LogP contribution is 2.43. The molecule has 1 aliphatic rings. The van der Waals surface area contributed by atoms with Crippen molar-refractivity contribution in [2.45, 2.75) is 25.5 Å². The Balaban J connectivity index is 0.000000270. The van der Waals surface area contributed by atoms with Crippen molar-refractivity contribution < 1.29 is 23.8 Å². The number of hydrogen-bond acceptors (Lipinski definition) is 8. The summed E-state index contributed by atoms with van der Waals surface area (Å²) >= 11 is 6.20. The number of carbonyl (C=O) groups excluding carboxylic acids is 1. The van der Waals surface area contributed by atoms with E-state index in [1.54, 1.807) is 61.8 Å². The van der Waals surface area contributed by atoms with Crippen molar-refractivity contribution in [1.82, 2.24) is 25.3 Å². The van der Waals surface area contributed by atoms with Crippen LogP contribution >= 0.6 is 11.6 Å². The van der Waals surface area contributed by atoms with Gasteiger partial charge in [0.15, 0.2) is 5.82 Å². The molecule has 5 N–H and O–H groups in total. The normalized spacial score (nSPS) is 12.2. The number of amides is 1. The van der Waals surface area contributed by atoms with Gasteiger partial charge in [-0.15, -0.1) is 0 Å². The van der Waals surface area contributed by atoms with Crippen LogP contribution in [-0.4, -0.2) is 49.6 Å².